The highest BCUT2D eigenvalue weighted by Gasteiger charge is 2.25. The average molecular weight is 254 g/mol. The summed E-state index contributed by atoms with van der Waals surface area (Å²) in [7, 11) is -4.06. The fraction of sp³-hybridized carbons (Fsp3) is 1.00. The maximum atomic E-state index is 11.6. The minimum Gasteiger partial charge on any atom is -0.329 e. The first-order chi connectivity index (χ1) is 6.95. The number of hydrogen-bond acceptors (Lipinski definition) is 4. The third-order valence-corrected chi connectivity index (χ3v) is 5.88. The van der Waals surface area contributed by atoms with Crippen molar-refractivity contribution in [3.05, 3.63) is 0 Å². The van der Waals surface area contributed by atoms with E-state index in [-0.39, 0.29) is 12.6 Å². The maximum Gasteiger partial charge on any atom is 0.215 e. The van der Waals surface area contributed by atoms with Gasteiger partial charge in [-0.05, 0) is 19.8 Å². The highest BCUT2D eigenvalue weighted by atomic mass is 32.2. The molecular weight excluding hydrogens is 236 g/mol. The van der Waals surface area contributed by atoms with Gasteiger partial charge in [0.2, 0.25) is 10.0 Å². The molecule has 1 atom stereocenters. The van der Waals surface area contributed by atoms with Gasteiger partial charge in [0, 0.05) is 34.9 Å². The van der Waals surface area contributed by atoms with Crippen LogP contribution in [0.4, 0.5) is 0 Å². The average Bonchev–Trinajstić information content (AvgIpc) is 2.20. The molecule has 7 heteroatoms. The van der Waals surface area contributed by atoms with E-state index in [2.05, 4.69) is 4.72 Å². The lowest BCUT2D eigenvalue weighted by Gasteiger charge is -2.23. The number of rotatable bonds is 4. The van der Waals surface area contributed by atoms with Gasteiger partial charge >= 0.3 is 0 Å². The van der Waals surface area contributed by atoms with Crippen molar-refractivity contribution in [3.8, 4) is 0 Å². The van der Waals surface area contributed by atoms with E-state index >= 15 is 0 Å². The van der Waals surface area contributed by atoms with Gasteiger partial charge in [-0.15, -0.1) is 0 Å². The van der Waals surface area contributed by atoms with Crippen molar-refractivity contribution in [2.75, 3.05) is 18.1 Å². The molecule has 5 nitrogen and oxygen atoms in total. The fourth-order valence-electron chi connectivity index (χ4n) is 1.39. The molecule has 0 amide bonds. The van der Waals surface area contributed by atoms with Crippen LogP contribution in [0.5, 0.6) is 0 Å². The van der Waals surface area contributed by atoms with E-state index in [9.17, 15) is 12.6 Å². The van der Waals surface area contributed by atoms with Crippen LogP contribution in [0.15, 0.2) is 0 Å². The summed E-state index contributed by atoms with van der Waals surface area (Å²) in [5.41, 5.74) is 5.32. The van der Waals surface area contributed by atoms with E-state index in [1.165, 1.54) is 0 Å². The summed E-state index contributed by atoms with van der Waals surface area (Å²) in [6, 6.07) is -0.0679. The van der Waals surface area contributed by atoms with Crippen molar-refractivity contribution in [1.29, 1.82) is 0 Å². The van der Waals surface area contributed by atoms with Gasteiger partial charge in [0.1, 0.15) is 0 Å². The molecule has 1 aliphatic heterocycles. The first-order valence-electron chi connectivity index (χ1n) is 5.02. The zero-order valence-corrected chi connectivity index (χ0v) is 10.4. The lowest BCUT2D eigenvalue weighted by Crippen LogP contribution is -2.45. The lowest BCUT2D eigenvalue weighted by molar-refractivity contribution is 0.514. The molecule has 1 unspecified atom stereocenters. The van der Waals surface area contributed by atoms with Gasteiger partial charge in [0.15, 0.2) is 0 Å². The molecule has 0 aromatic rings. The van der Waals surface area contributed by atoms with E-state index in [0.717, 1.165) is 0 Å². The molecule has 1 heterocycles. The number of sulfonamides is 1. The highest BCUT2D eigenvalue weighted by molar-refractivity contribution is 7.90. The Morgan fingerprint density at radius 1 is 1.47 bits per heavy atom. The Bertz CT molecular complexity index is 319. The van der Waals surface area contributed by atoms with E-state index in [1.54, 1.807) is 6.92 Å². The molecule has 0 aliphatic carbocycles. The van der Waals surface area contributed by atoms with Crippen molar-refractivity contribution in [2.45, 2.75) is 31.1 Å². The summed E-state index contributed by atoms with van der Waals surface area (Å²) in [5.74, 6) is 1.17. The first-order valence-corrected chi connectivity index (χ1v) is 8.05. The molecule has 0 spiro atoms. The van der Waals surface area contributed by atoms with Crippen molar-refractivity contribution >= 4 is 20.8 Å². The Morgan fingerprint density at radius 2 is 2.00 bits per heavy atom. The summed E-state index contributed by atoms with van der Waals surface area (Å²) in [6.07, 6.45) is 1.31. The fourth-order valence-corrected chi connectivity index (χ4v) is 3.87. The van der Waals surface area contributed by atoms with Crippen molar-refractivity contribution in [1.82, 2.24) is 4.72 Å². The van der Waals surface area contributed by atoms with Crippen molar-refractivity contribution < 1.29 is 12.6 Å². The number of nitrogens with one attached hydrogen (secondary N) is 1. The molecule has 0 bridgehead atoms. The van der Waals surface area contributed by atoms with Crippen LogP contribution in [-0.2, 0) is 20.8 Å². The van der Waals surface area contributed by atoms with E-state index in [4.69, 9.17) is 5.73 Å². The lowest BCUT2D eigenvalue weighted by atomic mass is 10.2. The van der Waals surface area contributed by atoms with Gasteiger partial charge in [-0.2, -0.15) is 0 Å². The number of hydrogen-bond donors (Lipinski definition) is 2. The monoisotopic (exact) mass is 254 g/mol. The third-order valence-electron chi connectivity index (χ3n) is 2.58. The molecule has 0 aromatic carbocycles. The Labute approximate surface area is 93.3 Å². The van der Waals surface area contributed by atoms with Crippen LogP contribution in [0, 0.1) is 0 Å². The Kier molecular flexibility index (Phi) is 4.69. The van der Waals surface area contributed by atoms with Gasteiger partial charge in [0.05, 0.1) is 5.25 Å². The maximum absolute atomic E-state index is 11.6. The summed E-state index contributed by atoms with van der Waals surface area (Å²) in [5, 5.41) is -0.565. The predicted molar refractivity (Wildman–Crippen MR) is 61.5 cm³/mol. The minimum absolute atomic E-state index is 0.0679. The van der Waals surface area contributed by atoms with E-state index in [1.807, 2.05) is 0 Å². The Balaban J connectivity index is 2.51. The van der Waals surface area contributed by atoms with E-state index in [0.29, 0.717) is 24.3 Å². The molecule has 0 saturated carbocycles. The SMILES string of the molecule is CC(CN)S(=O)(=O)NC1CCS(=O)CC1. The van der Waals surface area contributed by atoms with Crippen LogP contribution < -0.4 is 10.5 Å². The summed E-state index contributed by atoms with van der Waals surface area (Å²) < 4.78 is 37.0. The molecule has 1 rings (SSSR count). The second kappa shape index (κ2) is 5.38. The Hall–Kier alpha value is 0.0200. The molecule has 0 aromatic heterocycles. The zero-order chi connectivity index (χ0) is 11.5. The summed E-state index contributed by atoms with van der Waals surface area (Å²) >= 11 is 0. The smallest absolute Gasteiger partial charge is 0.215 e. The van der Waals surface area contributed by atoms with Gasteiger partial charge < -0.3 is 5.73 Å². The highest BCUT2D eigenvalue weighted by Crippen LogP contribution is 2.11. The first kappa shape index (κ1) is 13.1. The van der Waals surface area contributed by atoms with Crippen molar-refractivity contribution in [2.24, 2.45) is 5.73 Å². The topological polar surface area (TPSA) is 89.3 Å². The molecule has 1 aliphatic rings. The summed E-state index contributed by atoms with van der Waals surface area (Å²) in [4.78, 5) is 0. The predicted octanol–water partition coefficient (Wildman–Crippen LogP) is -0.836. The summed E-state index contributed by atoms with van der Waals surface area (Å²) in [6.45, 7) is 1.71. The number of nitrogens with two attached hydrogens (primary N) is 1. The van der Waals surface area contributed by atoms with Gasteiger partial charge in [0.25, 0.3) is 0 Å². The van der Waals surface area contributed by atoms with Gasteiger partial charge in [-0.3, -0.25) is 4.21 Å². The van der Waals surface area contributed by atoms with Crippen molar-refractivity contribution in [3.63, 3.8) is 0 Å². The van der Waals surface area contributed by atoms with Crippen LogP contribution in [0.2, 0.25) is 0 Å². The second-order valence-corrected chi connectivity index (χ2v) is 7.66. The molecule has 3 N–H and O–H groups in total. The van der Waals surface area contributed by atoms with Gasteiger partial charge in [-0.1, -0.05) is 0 Å². The molecule has 90 valence electrons. The standard InChI is InChI=1S/C8H18N2O3S2/c1-7(6-9)15(12,13)10-8-2-4-14(11)5-3-8/h7-8,10H,2-6,9H2,1H3. The zero-order valence-electron chi connectivity index (χ0n) is 8.81. The molecular formula is C8H18N2O3S2. The quantitative estimate of drug-likeness (QED) is 0.685. The third kappa shape index (κ3) is 3.82. The van der Waals surface area contributed by atoms with Crippen LogP contribution >= 0.6 is 0 Å². The normalized spacial score (nSPS) is 30.0. The largest absolute Gasteiger partial charge is 0.329 e. The van der Waals surface area contributed by atoms with Crippen LogP contribution in [0.25, 0.3) is 0 Å². The van der Waals surface area contributed by atoms with E-state index < -0.39 is 26.1 Å². The molecule has 15 heavy (non-hydrogen) atoms. The second-order valence-electron chi connectivity index (χ2n) is 3.83. The van der Waals surface area contributed by atoms with Gasteiger partial charge in [-0.25, -0.2) is 13.1 Å². The van der Waals surface area contributed by atoms with Crippen LogP contribution in [0.1, 0.15) is 19.8 Å². The Morgan fingerprint density at radius 3 is 2.47 bits per heavy atom. The van der Waals surface area contributed by atoms with Crippen LogP contribution in [-0.4, -0.2) is 42.0 Å². The molecule has 1 fully saturated rings. The minimum atomic E-state index is -3.30. The molecule has 0 radical (unpaired) electrons. The molecule has 1 saturated heterocycles. The van der Waals surface area contributed by atoms with Crippen LogP contribution in [0.3, 0.4) is 0 Å².